The third-order valence-corrected chi connectivity index (χ3v) is 7.45. The Bertz CT molecular complexity index is 1000. The van der Waals surface area contributed by atoms with Crippen LogP contribution in [0.25, 0.3) is 0 Å². The minimum Gasteiger partial charge on any atom is -0.494 e. The molecule has 3 rings (SSSR count). The molecule has 4 N–H and O–H groups in total. The first-order valence-electron chi connectivity index (χ1n) is 11.1. The molecule has 0 saturated heterocycles. The average Bonchev–Trinajstić information content (AvgIpc) is 2.79. The lowest BCUT2D eigenvalue weighted by molar-refractivity contribution is -0.126. The fourth-order valence-electron chi connectivity index (χ4n) is 4.12. The van der Waals surface area contributed by atoms with Crippen molar-refractivity contribution in [3.05, 3.63) is 59.7 Å². The van der Waals surface area contributed by atoms with E-state index in [0.717, 1.165) is 11.1 Å². The quantitative estimate of drug-likeness (QED) is 0.534. The van der Waals surface area contributed by atoms with Crippen LogP contribution in [0.2, 0.25) is 0 Å². The molecule has 0 spiro atoms. The van der Waals surface area contributed by atoms with Crippen molar-refractivity contribution in [1.82, 2.24) is 10.0 Å². The highest BCUT2D eigenvalue weighted by Gasteiger charge is 2.30. The van der Waals surface area contributed by atoms with E-state index in [1.807, 2.05) is 44.2 Å². The molecule has 0 aliphatic heterocycles. The number of nitrogens with one attached hydrogen (secondary N) is 2. The monoisotopic (exact) mass is 459 g/mol. The van der Waals surface area contributed by atoms with Gasteiger partial charge in [0, 0.05) is 18.5 Å². The van der Waals surface area contributed by atoms with Gasteiger partial charge in [0.05, 0.1) is 17.5 Å². The van der Waals surface area contributed by atoms with Crippen molar-refractivity contribution in [2.45, 2.75) is 56.5 Å². The minimum atomic E-state index is -3.63. The molecule has 32 heavy (non-hydrogen) atoms. The number of carbonyl (C=O) groups excluding carboxylic acids is 1. The van der Waals surface area contributed by atoms with E-state index in [1.54, 1.807) is 18.2 Å². The van der Waals surface area contributed by atoms with Gasteiger partial charge in [0.25, 0.3) is 0 Å². The van der Waals surface area contributed by atoms with Crippen LogP contribution in [0.3, 0.4) is 0 Å². The van der Waals surface area contributed by atoms with Crippen molar-refractivity contribution in [2.75, 3.05) is 13.2 Å². The lowest BCUT2D eigenvalue weighted by Gasteiger charge is -2.29. The molecular weight excluding hydrogens is 426 g/mol. The molecule has 1 atom stereocenters. The van der Waals surface area contributed by atoms with E-state index in [0.29, 0.717) is 44.6 Å². The van der Waals surface area contributed by atoms with E-state index in [-0.39, 0.29) is 28.8 Å². The van der Waals surface area contributed by atoms with Crippen LogP contribution < -0.4 is 20.5 Å². The van der Waals surface area contributed by atoms with E-state index in [9.17, 15) is 13.2 Å². The van der Waals surface area contributed by atoms with E-state index in [2.05, 4.69) is 10.0 Å². The number of nitrogens with two attached hydrogens (primary N) is 1. The summed E-state index contributed by atoms with van der Waals surface area (Å²) in [6, 6.07) is 14.2. The molecule has 0 unspecified atom stereocenters. The number of amides is 1. The first-order chi connectivity index (χ1) is 15.3. The van der Waals surface area contributed by atoms with Crippen LogP contribution in [0.4, 0.5) is 0 Å². The average molecular weight is 460 g/mol. The summed E-state index contributed by atoms with van der Waals surface area (Å²) in [7, 11) is -3.63. The van der Waals surface area contributed by atoms with Gasteiger partial charge in [0.15, 0.2) is 0 Å². The highest BCUT2D eigenvalue weighted by Crippen LogP contribution is 2.27. The molecule has 2 aromatic rings. The van der Waals surface area contributed by atoms with Gasteiger partial charge in [-0.1, -0.05) is 30.3 Å². The smallest absolute Gasteiger partial charge is 0.240 e. The Morgan fingerprint density at radius 3 is 2.41 bits per heavy atom. The molecule has 2 aromatic carbocycles. The van der Waals surface area contributed by atoms with Crippen molar-refractivity contribution in [3.8, 4) is 5.75 Å². The summed E-state index contributed by atoms with van der Waals surface area (Å²) in [6.07, 6.45) is 2.50. The molecule has 7 nitrogen and oxygen atoms in total. The van der Waals surface area contributed by atoms with Gasteiger partial charge in [-0.25, -0.2) is 13.1 Å². The summed E-state index contributed by atoms with van der Waals surface area (Å²) >= 11 is 0. The Morgan fingerprint density at radius 2 is 1.81 bits per heavy atom. The number of benzene rings is 2. The third-order valence-electron chi connectivity index (χ3n) is 5.93. The maximum atomic E-state index is 12.8. The van der Waals surface area contributed by atoms with Gasteiger partial charge >= 0.3 is 0 Å². The van der Waals surface area contributed by atoms with Crippen LogP contribution in [-0.4, -0.2) is 33.5 Å². The molecule has 1 fully saturated rings. The van der Waals surface area contributed by atoms with E-state index in [4.69, 9.17) is 10.5 Å². The summed E-state index contributed by atoms with van der Waals surface area (Å²) in [5.41, 5.74) is 7.63. The summed E-state index contributed by atoms with van der Waals surface area (Å²) in [4.78, 5) is 13.0. The van der Waals surface area contributed by atoms with Crippen LogP contribution in [0.5, 0.6) is 5.75 Å². The van der Waals surface area contributed by atoms with Crippen LogP contribution in [0.1, 0.15) is 49.8 Å². The topological polar surface area (TPSA) is 111 Å². The molecule has 1 aliphatic rings. The Morgan fingerprint density at radius 1 is 1.12 bits per heavy atom. The molecule has 8 heteroatoms. The van der Waals surface area contributed by atoms with Crippen molar-refractivity contribution in [1.29, 1.82) is 0 Å². The molecule has 1 saturated carbocycles. The predicted molar refractivity (Wildman–Crippen MR) is 125 cm³/mol. The number of hydrogen-bond acceptors (Lipinski definition) is 5. The van der Waals surface area contributed by atoms with Crippen molar-refractivity contribution in [3.63, 3.8) is 0 Å². The second kappa shape index (κ2) is 10.9. The molecule has 1 amide bonds. The Labute approximate surface area is 190 Å². The SMILES string of the molecule is CCOc1ccc(S(=O)(=O)NC2CCC(C(=O)N[C@H](CN)c3ccccc3)CC2)cc1C. The number of carbonyl (C=O) groups is 1. The lowest BCUT2D eigenvalue weighted by Crippen LogP contribution is -2.42. The molecule has 0 bridgehead atoms. The predicted octanol–water partition coefficient (Wildman–Crippen LogP) is 3.05. The standard InChI is InChI=1S/C24H33N3O4S/c1-3-31-23-14-13-21(15-17(23)2)32(29,30)27-20-11-9-19(10-12-20)24(28)26-22(16-25)18-7-5-4-6-8-18/h4-8,13-15,19-20,22,27H,3,9-12,16,25H2,1-2H3,(H,26,28)/t19?,20?,22-/m1/s1. The Balaban J connectivity index is 1.55. The van der Waals surface area contributed by atoms with Gasteiger partial charge < -0.3 is 15.8 Å². The van der Waals surface area contributed by atoms with Gasteiger partial charge in [-0.15, -0.1) is 0 Å². The first-order valence-corrected chi connectivity index (χ1v) is 12.6. The maximum absolute atomic E-state index is 12.8. The zero-order valence-corrected chi connectivity index (χ0v) is 19.5. The zero-order valence-electron chi connectivity index (χ0n) is 18.7. The fraction of sp³-hybridized carbons (Fsp3) is 0.458. The molecular formula is C24H33N3O4S. The Kier molecular flexibility index (Phi) is 8.28. The second-order valence-electron chi connectivity index (χ2n) is 8.24. The Hall–Kier alpha value is -2.42. The number of hydrogen-bond donors (Lipinski definition) is 3. The zero-order chi connectivity index (χ0) is 23.1. The third kappa shape index (κ3) is 6.09. The van der Waals surface area contributed by atoms with Crippen LogP contribution in [0.15, 0.2) is 53.4 Å². The molecule has 0 heterocycles. The number of rotatable bonds is 9. The number of aryl methyl sites for hydroxylation is 1. The van der Waals surface area contributed by atoms with Gasteiger partial charge in [-0.3, -0.25) is 4.79 Å². The molecule has 174 valence electrons. The summed E-state index contributed by atoms with van der Waals surface area (Å²) in [5.74, 6) is 0.526. The van der Waals surface area contributed by atoms with E-state index >= 15 is 0 Å². The first kappa shape index (κ1) is 24.2. The van der Waals surface area contributed by atoms with Gasteiger partial charge in [0.2, 0.25) is 15.9 Å². The highest BCUT2D eigenvalue weighted by atomic mass is 32.2. The largest absolute Gasteiger partial charge is 0.494 e. The lowest BCUT2D eigenvalue weighted by atomic mass is 9.85. The van der Waals surface area contributed by atoms with E-state index < -0.39 is 10.0 Å². The van der Waals surface area contributed by atoms with E-state index in [1.165, 1.54) is 0 Å². The minimum absolute atomic E-state index is 0.0206. The molecule has 1 aliphatic carbocycles. The maximum Gasteiger partial charge on any atom is 0.240 e. The van der Waals surface area contributed by atoms with Crippen LogP contribution in [-0.2, 0) is 14.8 Å². The molecule has 0 aromatic heterocycles. The van der Waals surface area contributed by atoms with Crippen molar-refractivity contribution < 1.29 is 17.9 Å². The summed E-state index contributed by atoms with van der Waals surface area (Å²) in [5, 5.41) is 3.05. The highest BCUT2D eigenvalue weighted by molar-refractivity contribution is 7.89. The van der Waals surface area contributed by atoms with Gasteiger partial charge in [-0.2, -0.15) is 0 Å². The van der Waals surface area contributed by atoms with Crippen molar-refractivity contribution in [2.24, 2.45) is 11.7 Å². The van der Waals surface area contributed by atoms with Crippen molar-refractivity contribution >= 4 is 15.9 Å². The van der Waals surface area contributed by atoms with Gasteiger partial charge in [-0.05, 0) is 68.9 Å². The van der Waals surface area contributed by atoms with Gasteiger partial charge in [0.1, 0.15) is 5.75 Å². The second-order valence-corrected chi connectivity index (χ2v) is 9.95. The van der Waals surface area contributed by atoms with Crippen LogP contribution in [0, 0.1) is 12.8 Å². The summed E-state index contributed by atoms with van der Waals surface area (Å²) < 4.78 is 34.0. The number of ether oxygens (including phenoxy) is 1. The molecule has 0 radical (unpaired) electrons. The normalized spacial score (nSPS) is 19.8. The number of sulfonamides is 1. The van der Waals surface area contributed by atoms with Crippen LogP contribution >= 0.6 is 0 Å². The summed E-state index contributed by atoms with van der Waals surface area (Å²) in [6.45, 7) is 4.57. The fourth-order valence-corrected chi connectivity index (χ4v) is 5.51.